The molecule has 0 saturated carbocycles. The zero-order valence-corrected chi connectivity index (χ0v) is 9.49. The average Bonchev–Trinajstić information content (AvgIpc) is 2.30. The van der Waals surface area contributed by atoms with E-state index in [0.717, 1.165) is 0 Å². The van der Waals surface area contributed by atoms with Gasteiger partial charge in [0, 0.05) is 17.2 Å². The number of halogens is 1. The minimum Gasteiger partial charge on any atom is -0.295 e. The lowest BCUT2D eigenvalue weighted by Crippen LogP contribution is -1.98. The molecule has 0 bridgehead atoms. The molecule has 0 unspecified atom stereocenters. The molecule has 0 N–H and O–H groups in total. The number of nitro benzene ring substituents is 1. The quantitative estimate of drug-likeness (QED) is 0.453. The van der Waals surface area contributed by atoms with Crippen molar-refractivity contribution in [3.8, 4) is 0 Å². The van der Waals surface area contributed by atoms with Crippen molar-refractivity contribution in [3.63, 3.8) is 0 Å². The van der Waals surface area contributed by atoms with Gasteiger partial charge in [-0.15, -0.1) is 0 Å². The largest absolute Gasteiger partial charge is 0.295 e. The molecule has 0 atom stereocenters. The van der Waals surface area contributed by atoms with Crippen molar-refractivity contribution >= 4 is 11.5 Å². The third-order valence-corrected chi connectivity index (χ3v) is 2.07. The van der Waals surface area contributed by atoms with Crippen molar-refractivity contribution in [1.29, 1.82) is 0 Å². The Balaban J connectivity index is 0.00000106. The number of carbonyl (C=O) groups excluding carboxylic acids is 1. The van der Waals surface area contributed by atoms with Gasteiger partial charge in [0.25, 0.3) is 5.69 Å². The molecule has 1 aromatic carbocycles. The summed E-state index contributed by atoms with van der Waals surface area (Å²) in [6.07, 6.45) is 0.592. The number of hydrogen-bond acceptors (Lipinski definition) is 3. The van der Waals surface area contributed by atoms with Gasteiger partial charge in [-0.3, -0.25) is 19.3 Å². The molecule has 0 heterocycles. The maximum Gasteiger partial charge on any atom is 0.273 e. The smallest absolute Gasteiger partial charge is 0.273 e. The number of alkyl halides is 1. The van der Waals surface area contributed by atoms with Crippen LogP contribution < -0.4 is 0 Å². The van der Waals surface area contributed by atoms with Gasteiger partial charge in [-0.1, -0.05) is 19.1 Å². The van der Waals surface area contributed by atoms with Crippen molar-refractivity contribution in [1.82, 2.24) is 0 Å². The third kappa shape index (κ3) is 3.42. The van der Waals surface area contributed by atoms with Crippen LogP contribution in [0.15, 0.2) is 18.2 Å². The van der Waals surface area contributed by atoms with Gasteiger partial charge in [-0.05, 0) is 13.3 Å². The number of carbonyl (C=O) groups is 1. The number of nitrogens with zero attached hydrogens (tertiary/aromatic N) is 1. The Hall–Kier alpha value is -1.78. The van der Waals surface area contributed by atoms with Crippen LogP contribution in [0.5, 0.6) is 0 Å². The summed E-state index contributed by atoms with van der Waals surface area (Å²) in [5.41, 5.74) is 1.06. The lowest BCUT2D eigenvalue weighted by molar-refractivity contribution is -0.385. The molecule has 5 heteroatoms. The number of hydrogen-bond donors (Lipinski definition) is 0. The summed E-state index contributed by atoms with van der Waals surface area (Å²) < 4.78 is 9.50. The Morgan fingerprint density at radius 1 is 1.44 bits per heavy atom. The van der Waals surface area contributed by atoms with Crippen LogP contribution in [0, 0.1) is 10.1 Å². The summed E-state index contributed by atoms with van der Waals surface area (Å²) in [7, 11) is 0.500. The van der Waals surface area contributed by atoms with Gasteiger partial charge in [-0.2, -0.15) is 0 Å². The summed E-state index contributed by atoms with van der Waals surface area (Å²) in [6, 6.07) is 4.59. The molecule has 0 aromatic heterocycles. The normalized spacial score (nSPS) is 9.00. The first-order valence-corrected chi connectivity index (χ1v) is 4.72. The molecule has 0 aliphatic heterocycles. The molecule has 0 aliphatic rings. The van der Waals surface area contributed by atoms with E-state index in [4.69, 9.17) is 0 Å². The molecular formula is C11H14FNO3. The second-order valence-electron chi connectivity index (χ2n) is 3.01. The van der Waals surface area contributed by atoms with Gasteiger partial charge in [0.05, 0.1) is 12.1 Å². The molecule has 4 nitrogen and oxygen atoms in total. The number of ketones is 1. The minimum absolute atomic E-state index is 0.0280. The van der Waals surface area contributed by atoms with Gasteiger partial charge in [0.15, 0.2) is 5.78 Å². The van der Waals surface area contributed by atoms with Gasteiger partial charge >= 0.3 is 0 Å². The van der Waals surface area contributed by atoms with E-state index in [1.807, 2.05) is 6.92 Å². The lowest BCUT2D eigenvalue weighted by Gasteiger charge is -2.01. The summed E-state index contributed by atoms with van der Waals surface area (Å²) >= 11 is 0. The highest BCUT2D eigenvalue weighted by molar-refractivity contribution is 5.94. The number of rotatable bonds is 3. The molecule has 0 amide bonds. The van der Waals surface area contributed by atoms with Crippen molar-refractivity contribution in [2.45, 2.75) is 20.3 Å². The van der Waals surface area contributed by atoms with Crippen LogP contribution in [-0.2, 0) is 6.42 Å². The molecule has 0 radical (unpaired) electrons. The number of benzene rings is 1. The SMILES string of the molecule is CCc1ccc(C(C)=O)cc1[N+](=O)[O-].CF. The van der Waals surface area contributed by atoms with Crippen LogP contribution in [0.2, 0.25) is 0 Å². The highest BCUT2D eigenvalue weighted by atomic mass is 19.1. The Bertz CT molecular complexity index is 391. The first-order valence-electron chi connectivity index (χ1n) is 4.72. The molecular weight excluding hydrogens is 213 g/mol. The fourth-order valence-corrected chi connectivity index (χ4v) is 1.25. The highest BCUT2D eigenvalue weighted by Crippen LogP contribution is 2.20. The van der Waals surface area contributed by atoms with Crippen LogP contribution in [0.3, 0.4) is 0 Å². The number of aryl methyl sites for hydroxylation is 1. The van der Waals surface area contributed by atoms with Crippen molar-refractivity contribution in [3.05, 3.63) is 39.4 Å². The van der Waals surface area contributed by atoms with Gasteiger partial charge in [0.1, 0.15) is 0 Å². The summed E-state index contributed by atoms with van der Waals surface area (Å²) in [4.78, 5) is 21.2. The molecule has 1 aromatic rings. The Kier molecular flexibility index (Phi) is 5.92. The molecule has 0 spiro atoms. The summed E-state index contributed by atoms with van der Waals surface area (Å²) in [5.74, 6) is -0.157. The van der Waals surface area contributed by atoms with E-state index in [0.29, 0.717) is 24.7 Å². The Labute approximate surface area is 93.2 Å². The average molecular weight is 227 g/mol. The van der Waals surface area contributed by atoms with E-state index in [9.17, 15) is 19.3 Å². The molecule has 88 valence electrons. The highest BCUT2D eigenvalue weighted by Gasteiger charge is 2.14. The van der Waals surface area contributed by atoms with E-state index >= 15 is 0 Å². The second-order valence-corrected chi connectivity index (χ2v) is 3.01. The van der Waals surface area contributed by atoms with E-state index in [-0.39, 0.29) is 11.5 Å². The minimum atomic E-state index is -0.453. The Morgan fingerprint density at radius 3 is 2.38 bits per heavy atom. The number of Topliss-reactive ketones (excluding diaryl/α,β-unsaturated/α-hetero) is 1. The predicted octanol–water partition coefficient (Wildman–Crippen LogP) is 2.95. The van der Waals surface area contributed by atoms with Crippen LogP contribution in [-0.4, -0.2) is 17.9 Å². The Morgan fingerprint density at radius 2 is 2.00 bits per heavy atom. The van der Waals surface area contributed by atoms with Gasteiger partial charge < -0.3 is 0 Å². The van der Waals surface area contributed by atoms with Crippen LogP contribution in [0.4, 0.5) is 10.1 Å². The van der Waals surface area contributed by atoms with Gasteiger partial charge in [-0.25, -0.2) is 0 Å². The maximum atomic E-state index is 11.0. The van der Waals surface area contributed by atoms with Crippen LogP contribution in [0.25, 0.3) is 0 Å². The predicted molar refractivity (Wildman–Crippen MR) is 59.5 cm³/mol. The molecule has 1 rings (SSSR count). The van der Waals surface area contributed by atoms with Crippen LogP contribution >= 0.6 is 0 Å². The zero-order valence-electron chi connectivity index (χ0n) is 9.49. The fourth-order valence-electron chi connectivity index (χ4n) is 1.25. The maximum absolute atomic E-state index is 11.0. The van der Waals surface area contributed by atoms with E-state index < -0.39 is 4.92 Å². The molecule has 0 aliphatic carbocycles. The van der Waals surface area contributed by atoms with E-state index in [1.165, 1.54) is 13.0 Å². The summed E-state index contributed by atoms with van der Waals surface area (Å²) in [5, 5.41) is 10.6. The number of nitro groups is 1. The standard InChI is InChI=1S/C10H11NO3.CH3F/c1-3-8-4-5-9(7(2)12)6-10(8)11(13)14;1-2/h4-6H,3H2,1-2H3;1H3. The topological polar surface area (TPSA) is 60.2 Å². The molecule has 0 fully saturated rings. The molecule has 16 heavy (non-hydrogen) atoms. The van der Waals surface area contributed by atoms with Crippen molar-refractivity contribution < 1.29 is 14.1 Å². The fraction of sp³-hybridized carbons (Fsp3) is 0.364. The molecule has 0 saturated heterocycles. The van der Waals surface area contributed by atoms with E-state index in [1.54, 1.807) is 12.1 Å². The van der Waals surface area contributed by atoms with Gasteiger partial charge in [0.2, 0.25) is 0 Å². The van der Waals surface area contributed by atoms with Crippen molar-refractivity contribution in [2.24, 2.45) is 0 Å². The van der Waals surface area contributed by atoms with E-state index in [2.05, 4.69) is 0 Å². The summed E-state index contributed by atoms with van der Waals surface area (Å²) in [6.45, 7) is 3.24. The first kappa shape index (κ1) is 14.2. The third-order valence-electron chi connectivity index (χ3n) is 2.07. The second kappa shape index (κ2) is 6.66. The monoisotopic (exact) mass is 227 g/mol. The van der Waals surface area contributed by atoms with Crippen LogP contribution in [0.1, 0.15) is 29.8 Å². The van der Waals surface area contributed by atoms with Crippen molar-refractivity contribution in [2.75, 3.05) is 7.18 Å². The first-order chi connectivity index (χ1) is 7.56. The lowest BCUT2D eigenvalue weighted by atomic mass is 10.1. The zero-order chi connectivity index (χ0) is 12.7.